The standard InChI is InChI=1S/C16H14N2O3/c1-20-14-5-3-11(4-6-14)15-17-10-13-9-12(16(19)21-2)7-8-18(13)15/h3-10H,1-2H3. The van der Waals surface area contributed by atoms with Gasteiger partial charge in [0.2, 0.25) is 0 Å². The van der Waals surface area contributed by atoms with Gasteiger partial charge in [0.25, 0.3) is 0 Å². The molecule has 3 rings (SSSR count). The highest BCUT2D eigenvalue weighted by Crippen LogP contribution is 2.23. The van der Waals surface area contributed by atoms with Crippen LogP contribution in [0.4, 0.5) is 0 Å². The van der Waals surface area contributed by atoms with Crippen molar-refractivity contribution in [2.45, 2.75) is 0 Å². The number of ether oxygens (including phenoxy) is 2. The summed E-state index contributed by atoms with van der Waals surface area (Å²) in [6.45, 7) is 0. The van der Waals surface area contributed by atoms with Crippen molar-refractivity contribution in [2.75, 3.05) is 14.2 Å². The zero-order valence-corrected chi connectivity index (χ0v) is 11.7. The Morgan fingerprint density at radius 2 is 1.90 bits per heavy atom. The number of imidazole rings is 1. The number of carbonyl (C=O) groups excluding carboxylic acids is 1. The SMILES string of the molecule is COC(=O)c1ccn2c(-c3ccc(OC)cc3)ncc2c1. The largest absolute Gasteiger partial charge is 0.497 e. The minimum atomic E-state index is -0.357. The molecule has 3 aromatic rings. The molecule has 0 amide bonds. The Kier molecular flexibility index (Phi) is 3.31. The Bertz CT molecular complexity index is 791. The monoisotopic (exact) mass is 282 g/mol. The van der Waals surface area contributed by atoms with E-state index in [-0.39, 0.29) is 5.97 Å². The fraction of sp³-hybridized carbons (Fsp3) is 0.125. The third-order valence-electron chi connectivity index (χ3n) is 3.30. The normalized spacial score (nSPS) is 10.6. The fourth-order valence-corrected chi connectivity index (χ4v) is 2.20. The molecule has 5 nitrogen and oxygen atoms in total. The quantitative estimate of drug-likeness (QED) is 0.693. The summed E-state index contributed by atoms with van der Waals surface area (Å²) in [6, 6.07) is 11.1. The van der Waals surface area contributed by atoms with Gasteiger partial charge in [-0.1, -0.05) is 0 Å². The van der Waals surface area contributed by atoms with Crippen LogP contribution in [-0.4, -0.2) is 29.6 Å². The van der Waals surface area contributed by atoms with Crippen LogP contribution in [-0.2, 0) is 4.74 Å². The molecule has 21 heavy (non-hydrogen) atoms. The summed E-state index contributed by atoms with van der Waals surface area (Å²) in [4.78, 5) is 16.0. The van der Waals surface area contributed by atoms with E-state index >= 15 is 0 Å². The number of pyridine rings is 1. The molecule has 0 spiro atoms. The van der Waals surface area contributed by atoms with E-state index in [1.54, 1.807) is 25.4 Å². The van der Waals surface area contributed by atoms with Gasteiger partial charge >= 0.3 is 5.97 Å². The zero-order chi connectivity index (χ0) is 14.8. The lowest BCUT2D eigenvalue weighted by Gasteiger charge is -2.04. The molecule has 0 bridgehead atoms. The van der Waals surface area contributed by atoms with Crippen molar-refractivity contribution in [3.8, 4) is 17.1 Å². The van der Waals surface area contributed by atoms with E-state index in [2.05, 4.69) is 4.98 Å². The first-order valence-corrected chi connectivity index (χ1v) is 6.43. The van der Waals surface area contributed by atoms with Gasteiger partial charge in [-0.3, -0.25) is 4.40 Å². The van der Waals surface area contributed by atoms with Gasteiger partial charge in [-0.05, 0) is 36.4 Å². The number of carbonyl (C=O) groups is 1. The Labute approximate surface area is 121 Å². The fourth-order valence-electron chi connectivity index (χ4n) is 2.20. The molecule has 0 saturated heterocycles. The van der Waals surface area contributed by atoms with Crippen LogP contribution in [0, 0.1) is 0 Å². The molecule has 0 unspecified atom stereocenters. The van der Waals surface area contributed by atoms with Crippen LogP contribution in [0.3, 0.4) is 0 Å². The summed E-state index contributed by atoms with van der Waals surface area (Å²) in [7, 11) is 3.00. The van der Waals surface area contributed by atoms with Crippen molar-refractivity contribution in [2.24, 2.45) is 0 Å². The second-order valence-corrected chi connectivity index (χ2v) is 4.51. The zero-order valence-electron chi connectivity index (χ0n) is 11.7. The molecule has 0 radical (unpaired) electrons. The number of benzene rings is 1. The number of fused-ring (bicyclic) bond motifs is 1. The van der Waals surface area contributed by atoms with Crippen LogP contribution in [0.1, 0.15) is 10.4 Å². The topological polar surface area (TPSA) is 52.8 Å². The summed E-state index contributed by atoms with van der Waals surface area (Å²) < 4.78 is 11.8. The van der Waals surface area contributed by atoms with E-state index in [1.807, 2.05) is 34.9 Å². The highest BCUT2D eigenvalue weighted by molar-refractivity contribution is 5.90. The first kappa shape index (κ1) is 13.2. The van der Waals surface area contributed by atoms with Crippen molar-refractivity contribution in [1.82, 2.24) is 9.38 Å². The molecule has 2 aromatic heterocycles. The smallest absolute Gasteiger partial charge is 0.337 e. The number of aromatic nitrogens is 2. The number of hydrogen-bond donors (Lipinski definition) is 0. The van der Waals surface area contributed by atoms with Gasteiger partial charge in [-0.2, -0.15) is 0 Å². The molecule has 1 aromatic carbocycles. The van der Waals surface area contributed by atoms with Crippen LogP contribution in [0.15, 0.2) is 48.8 Å². The third-order valence-corrected chi connectivity index (χ3v) is 3.30. The van der Waals surface area contributed by atoms with Gasteiger partial charge < -0.3 is 9.47 Å². The summed E-state index contributed by atoms with van der Waals surface area (Å²) in [5.74, 6) is 1.25. The van der Waals surface area contributed by atoms with Crippen molar-refractivity contribution in [3.05, 3.63) is 54.4 Å². The first-order valence-electron chi connectivity index (χ1n) is 6.43. The maximum absolute atomic E-state index is 11.5. The minimum absolute atomic E-state index is 0.357. The maximum Gasteiger partial charge on any atom is 0.337 e. The van der Waals surface area contributed by atoms with E-state index < -0.39 is 0 Å². The second kappa shape index (κ2) is 5.28. The van der Waals surface area contributed by atoms with Crippen LogP contribution >= 0.6 is 0 Å². The predicted octanol–water partition coefficient (Wildman–Crippen LogP) is 2.80. The third kappa shape index (κ3) is 2.33. The molecule has 0 aliphatic carbocycles. The van der Waals surface area contributed by atoms with E-state index in [0.29, 0.717) is 5.56 Å². The van der Waals surface area contributed by atoms with Crippen molar-refractivity contribution >= 4 is 11.5 Å². The number of methoxy groups -OCH3 is 2. The van der Waals surface area contributed by atoms with Crippen molar-refractivity contribution in [1.29, 1.82) is 0 Å². The Morgan fingerprint density at radius 3 is 2.57 bits per heavy atom. The molecule has 0 aliphatic heterocycles. The molecule has 0 N–H and O–H groups in total. The molecule has 5 heteroatoms. The van der Waals surface area contributed by atoms with Gasteiger partial charge in [-0.25, -0.2) is 9.78 Å². The molecular formula is C16H14N2O3. The Hall–Kier alpha value is -2.82. The molecular weight excluding hydrogens is 268 g/mol. The van der Waals surface area contributed by atoms with Crippen LogP contribution in [0.2, 0.25) is 0 Å². The number of nitrogens with zero attached hydrogens (tertiary/aromatic N) is 2. The summed E-state index contributed by atoms with van der Waals surface area (Å²) >= 11 is 0. The molecule has 2 heterocycles. The second-order valence-electron chi connectivity index (χ2n) is 4.51. The Morgan fingerprint density at radius 1 is 1.14 bits per heavy atom. The molecule has 0 atom stereocenters. The predicted molar refractivity (Wildman–Crippen MR) is 78.5 cm³/mol. The lowest BCUT2D eigenvalue weighted by molar-refractivity contribution is 0.0600. The average molecular weight is 282 g/mol. The lowest BCUT2D eigenvalue weighted by atomic mass is 10.2. The van der Waals surface area contributed by atoms with Gasteiger partial charge in [0.05, 0.1) is 31.5 Å². The molecule has 0 fully saturated rings. The summed E-state index contributed by atoms with van der Waals surface area (Å²) in [6.07, 6.45) is 3.54. The molecule has 0 aliphatic rings. The highest BCUT2D eigenvalue weighted by Gasteiger charge is 2.10. The van der Waals surface area contributed by atoms with Gasteiger partial charge in [0, 0.05) is 11.8 Å². The molecule has 106 valence electrons. The van der Waals surface area contributed by atoms with Crippen LogP contribution in [0.5, 0.6) is 5.75 Å². The van der Waals surface area contributed by atoms with Gasteiger partial charge in [-0.15, -0.1) is 0 Å². The highest BCUT2D eigenvalue weighted by atomic mass is 16.5. The summed E-state index contributed by atoms with van der Waals surface area (Å²) in [5.41, 5.74) is 2.32. The van der Waals surface area contributed by atoms with Crippen molar-refractivity contribution < 1.29 is 14.3 Å². The van der Waals surface area contributed by atoms with E-state index in [4.69, 9.17) is 9.47 Å². The van der Waals surface area contributed by atoms with Gasteiger partial charge in [0.1, 0.15) is 11.6 Å². The Balaban J connectivity index is 2.05. The average Bonchev–Trinajstić information content (AvgIpc) is 2.97. The van der Waals surface area contributed by atoms with Crippen LogP contribution < -0.4 is 4.74 Å². The van der Waals surface area contributed by atoms with Crippen LogP contribution in [0.25, 0.3) is 16.9 Å². The number of rotatable bonds is 3. The first-order chi connectivity index (χ1) is 10.2. The molecule has 0 saturated carbocycles. The minimum Gasteiger partial charge on any atom is -0.497 e. The summed E-state index contributed by atoms with van der Waals surface area (Å²) in [5, 5.41) is 0. The van der Waals surface area contributed by atoms with E-state index in [9.17, 15) is 4.79 Å². The maximum atomic E-state index is 11.5. The van der Waals surface area contributed by atoms with E-state index in [1.165, 1.54) is 7.11 Å². The van der Waals surface area contributed by atoms with Crippen molar-refractivity contribution in [3.63, 3.8) is 0 Å². The lowest BCUT2D eigenvalue weighted by Crippen LogP contribution is -2.01. The van der Waals surface area contributed by atoms with Gasteiger partial charge in [0.15, 0.2) is 0 Å². The number of esters is 1. The van der Waals surface area contributed by atoms with E-state index in [0.717, 1.165) is 22.7 Å². The number of hydrogen-bond acceptors (Lipinski definition) is 4.